The highest BCUT2D eigenvalue weighted by Gasteiger charge is 2.30. The Hall–Kier alpha value is -2.16. The Bertz CT molecular complexity index is 836. The quantitative estimate of drug-likeness (QED) is 0.789. The van der Waals surface area contributed by atoms with Crippen molar-refractivity contribution >= 4 is 33.4 Å². The van der Waals surface area contributed by atoms with Crippen LogP contribution in [0.3, 0.4) is 0 Å². The molecule has 1 fully saturated rings. The van der Waals surface area contributed by atoms with Gasteiger partial charge in [0.15, 0.2) is 11.6 Å². The molecular formula is C16H15F3N2O3S. The van der Waals surface area contributed by atoms with Gasteiger partial charge in [-0.1, -0.05) is 0 Å². The number of thiazole rings is 1. The van der Waals surface area contributed by atoms with Crippen molar-refractivity contribution in [1.82, 2.24) is 9.88 Å². The zero-order valence-corrected chi connectivity index (χ0v) is 13.9. The normalized spacial score (nSPS) is 14.5. The van der Waals surface area contributed by atoms with Crippen molar-refractivity contribution in [3.63, 3.8) is 0 Å². The zero-order valence-electron chi connectivity index (χ0n) is 13.1. The largest absolute Gasteiger partial charge is 0.481 e. The van der Waals surface area contributed by atoms with E-state index in [9.17, 15) is 22.8 Å². The first-order valence-electron chi connectivity index (χ1n) is 7.81. The van der Waals surface area contributed by atoms with Gasteiger partial charge in [-0.2, -0.15) is 0 Å². The third kappa shape index (κ3) is 3.60. The molecule has 2 aromatic rings. The second-order valence-electron chi connectivity index (χ2n) is 5.94. The lowest BCUT2D eigenvalue weighted by Crippen LogP contribution is -2.43. The van der Waals surface area contributed by atoms with Crippen molar-refractivity contribution < 1.29 is 27.9 Å². The van der Waals surface area contributed by atoms with E-state index in [-0.39, 0.29) is 46.6 Å². The van der Waals surface area contributed by atoms with Gasteiger partial charge in [-0.3, -0.25) is 9.59 Å². The predicted molar refractivity (Wildman–Crippen MR) is 84.6 cm³/mol. The van der Waals surface area contributed by atoms with Gasteiger partial charge in [0.1, 0.15) is 16.3 Å². The molecule has 0 radical (unpaired) electrons. The molecule has 0 spiro atoms. The van der Waals surface area contributed by atoms with E-state index in [1.54, 1.807) is 0 Å². The first kappa shape index (κ1) is 17.7. The van der Waals surface area contributed by atoms with Crippen molar-refractivity contribution in [3.05, 3.63) is 28.5 Å². The van der Waals surface area contributed by atoms with Gasteiger partial charge in [-0.05, 0) is 19.3 Å². The number of amides is 1. The standard InChI is InChI=1S/C16H15F3N2O3S/c17-9-6-10(18)16-15(14(9)19)20-11(25-16)7-21(8-2-1-3-8)12(22)4-5-13(23)24/h6,8H,1-5,7H2,(H,23,24). The molecule has 1 aromatic heterocycles. The van der Waals surface area contributed by atoms with Crippen LogP contribution < -0.4 is 0 Å². The molecule has 1 aromatic carbocycles. The van der Waals surface area contributed by atoms with E-state index in [0.29, 0.717) is 6.07 Å². The van der Waals surface area contributed by atoms with E-state index in [2.05, 4.69) is 4.98 Å². The number of nitrogens with zero attached hydrogens (tertiary/aromatic N) is 2. The average Bonchev–Trinajstić information content (AvgIpc) is 2.92. The molecule has 1 saturated carbocycles. The van der Waals surface area contributed by atoms with Crippen LogP contribution >= 0.6 is 11.3 Å². The number of carbonyl (C=O) groups is 2. The Morgan fingerprint density at radius 1 is 1.24 bits per heavy atom. The molecule has 0 bridgehead atoms. The lowest BCUT2D eigenvalue weighted by Gasteiger charge is -2.37. The number of aliphatic carboxylic acids is 1. The minimum absolute atomic E-state index is 0.0280. The number of hydrogen-bond donors (Lipinski definition) is 1. The summed E-state index contributed by atoms with van der Waals surface area (Å²) < 4.78 is 40.8. The number of benzene rings is 1. The molecule has 0 saturated heterocycles. The molecule has 1 amide bonds. The van der Waals surface area contributed by atoms with Crippen molar-refractivity contribution in [2.75, 3.05) is 0 Å². The molecule has 0 atom stereocenters. The fourth-order valence-corrected chi connectivity index (χ4v) is 3.68. The molecule has 0 unspecified atom stereocenters. The van der Waals surface area contributed by atoms with Gasteiger partial charge in [0.25, 0.3) is 0 Å². The molecule has 0 aliphatic heterocycles. The summed E-state index contributed by atoms with van der Waals surface area (Å²) in [6.07, 6.45) is 2.12. The summed E-state index contributed by atoms with van der Waals surface area (Å²) in [7, 11) is 0. The Kier molecular flexibility index (Phi) is 4.94. The highest BCUT2D eigenvalue weighted by atomic mass is 32.1. The summed E-state index contributed by atoms with van der Waals surface area (Å²) in [5, 5.41) is 9.01. The molecule has 134 valence electrons. The van der Waals surface area contributed by atoms with Gasteiger partial charge < -0.3 is 10.0 Å². The Morgan fingerprint density at radius 2 is 1.96 bits per heavy atom. The Balaban J connectivity index is 1.85. The summed E-state index contributed by atoms with van der Waals surface area (Å²) in [4.78, 5) is 28.4. The fraction of sp³-hybridized carbons (Fsp3) is 0.438. The number of carboxylic acid groups (broad SMARTS) is 1. The van der Waals surface area contributed by atoms with Crippen molar-refractivity contribution in [3.8, 4) is 0 Å². The number of fused-ring (bicyclic) bond motifs is 1. The highest BCUT2D eigenvalue weighted by Crippen LogP contribution is 2.32. The van der Waals surface area contributed by atoms with E-state index in [0.717, 1.165) is 30.6 Å². The molecule has 25 heavy (non-hydrogen) atoms. The minimum atomic E-state index is -1.31. The van der Waals surface area contributed by atoms with E-state index in [1.807, 2.05) is 0 Å². The van der Waals surface area contributed by atoms with Gasteiger partial charge in [0, 0.05) is 18.5 Å². The van der Waals surface area contributed by atoms with Crippen molar-refractivity contribution in [2.24, 2.45) is 0 Å². The minimum Gasteiger partial charge on any atom is -0.481 e. The van der Waals surface area contributed by atoms with Gasteiger partial charge in [0.05, 0.1) is 17.7 Å². The monoisotopic (exact) mass is 372 g/mol. The lowest BCUT2D eigenvalue weighted by atomic mass is 9.91. The first-order chi connectivity index (χ1) is 11.9. The van der Waals surface area contributed by atoms with Crippen LogP contribution in [-0.4, -0.2) is 32.9 Å². The SMILES string of the molecule is O=C(O)CCC(=O)N(Cc1nc2c(F)c(F)cc(F)c2s1)C1CCC1. The summed E-state index contributed by atoms with van der Waals surface area (Å²) in [5.74, 6) is -4.83. The maximum Gasteiger partial charge on any atom is 0.303 e. The summed E-state index contributed by atoms with van der Waals surface area (Å²) in [6.45, 7) is 0.0307. The number of hydrogen-bond acceptors (Lipinski definition) is 4. The summed E-state index contributed by atoms with van der Waals surface area (Å²) in [5.41, 5.74) is -0.385. The van der Waals surface area contributed by atoms with Crippen LogP contribution in [0.25, 0.3) is 10.2 Å². The topological polar surface area (TPSA) is 70.5 Å². The van der Waals surface area contributed by atoms with Crippen molar-refractivity contribution in [1.29, 1.82) is 0 Å². The predicted octanol–water partition coefficient (Wildman–Crippen LogP) is 3.46. The van der Waals surface area contributed by atoms with Crippen LogP contribution in [0.2, 0.25) is 0 Å². The van der Waals surface area contributed by atoms with Crippen LogP contribution in [0.4, 0.5) is 13.2 Å². The van der Waals surface area contributed by atoms with E-state index in [4.69, 9.17) is 5.11 Å². The number of halogens is 3. The highest BCUT2D eigenvalue weighted by molar-refractivity contribution is 7.18. The zero-order chi connectivity index (χ0) is 18.1. The molecule has 1 aliphatic rings. The first-order valence-corrected chi connectivity index (χ1v) is 8.62. The smallest absolute Gasteiger partial charge is 0.303 e. The van der Waals surface area contributed by atoms with Gasteiger partial charge in [0.2, 0.25) is 5.91 Å². The number of rotatable bonds is 6. The van der Waals surface area contributed by atoms with E-state index < -0.39 is 23.4 Å². The maximum atomic E-state index is 13.8. The average molecular weight is 372 g/mol. The lowest BCUT2D eigenvalue weighted by molar-refractivity contribution is -0.142. The van der Waals surface area contributed by atoms with Crippen LogP contribution in [0, 0.1) is 17.5 Å². The Labute approximate surface area is 145 Å². The van der Waals surface area contributed by atoms with Crippen LogP contribution in [0.1, 0.15) is 37.1 Å². The number of aromatic nitrogens is 1. The Morgan fingerprint density at radius 3 is 2.56 bits per heavy atom. The van der Waals surface area contributed by atoms with Crippen LogP contribution in [-0.2, 0) is 16.1 Å². The molecule has 9 heteroatoms. The second kappa shape index (κ2) is 6.99. The third-order valence-electron chi connectivity index (χ3n) is 4.25. The summed E-state index contributed by atoms with van der Waals surface area (Å²) >= 11 is 0.866. The number of carbonyl (C=O) groups excluding carboxylic acids is 1. The summed E-state index contributed by atoms with van der Waals surface area (Å²) in [6, 6.07) is 0.446. The van der Waals surface area contributed by atoms with Crippen LogP contribution in [0.15, 0.2) is 6.07 Å². The van der Waals surface area contributed by atoms with Gasteiger partial charge in [-0.15, -0.1) is 11.3 Å². The fourth-order valence-electron chi connectivity index (χ4n) is 2.72. The maximum absolute atomic E-state index is 13.8. The molecule has 3 rings (SSSR count). The van der Waals surface area contributed by atoms with Crippen LogP contribution in [0.5, 0.6) is 0 Å². The molecule has 1 heterocycles. The van der Waals surface area contributed by atoms with E-state index >= 15 is 0 Å². The molecule has 1 aliphatic carbocycles. The van der Waals surface area contributed by atoms with Crippen molar-refractivity contribution in [2.45, 2.75) is 44.7 Å². The van der Waals surface area contributed by atoms with E-state index in [1.165, 1.54) is 4.90 Å². The molecule has 5 nitrogen and oxygen atoms in total. The third-order valence-corrected chi connectivity index (χ3v) is 5.30. The molecular weight excluding hydrogens is 357 g/mol. The molecule has 1 N–H and O–H groups in total. The number of carboxylic acids is 1. The van der Waals surface area contributed by atoms with Gasteiger partial charge >= 0.3 is 5.97 Å². The second-order valence-corrected chi connectivity index (χ2v) is 7.02. The van der Waals surface area contributed by atoms with Gasteiger partial charge in [-0.25, -0.2) is 18.2 Å².